The quantitative estimate of drug-likeness (QED) is 0.807. The second-order valence-electron chi connectivity index (χ2n) is 4.60. The summed E-state index contributed by atoms with van der Waals surface area (Å²) in [6, 6.07) is 6.46. The van der Waals surface area contributed by atoms with Crippen LogP contribution in [-0.4, -0.2) is 29.3 Å². The number of nitrogens with zero attached hydrogens (tertiary/aromatic N) is 1. The summed E-state index contributed by atoms with van der Waals surface area (Å²) < 4.78 is 19.3. The van der Waals surface area contributed by atoms with E-state index >= 15 is 0 Å². The van der Waals surface area contributed by atoms with Crippen LogP contribution in [0.1, 0.15) is 24.8 Å². The number of fused-ring (bicyclic) bond motifs is 1. The number of aliphatic hydroxyl groups excluding tert-OH is 1. The summed E-state index contributed by atoms with van der Waals surface area (Å²) in [5, 5.41) is 9.57. The van der Waals surface area contributed by atoms with Crippen molar-refractivity contribution in [3.63, 3.8) is 0 Å². The van der Waals surface area contributed by atoms with Crippen LogP contribution in [-0.2, 0) is 4.74 Å². The first-order chi connectivity index (χ1) is 8.24. The van der Waals surface area contributed by atoms with Crippen molar-refractivity contribution in [3.8, 4) is 0 Å². The standard InChI is InChI=1S/C13H14FNO2/c14-10-4-2-1-3-9(10)13-15-11-7-8(16)5-6-12(11)17-13/h1-4,8,11-12,16H,5-7H2. The maximum atomic E-state index is 13.6. The van der Waals surface area contributed by atoms with E-state index in [9.17, 15) is 9.50 Å². The van der Waals surface area contributed by atoms with Crippen LogP contribution in [0.15, 0.2) is 29.3 Å². The summed E-state index contributed by atoms with van der Waals surface area (Å²) in [6.45, 7) is 0. The van der Waals surface area contributed by atoms with Gasteiger partial charge in [-0.25, -0.2) is 9.38 Å². The maximum Gasteiger partial charge on any atom is 0.219 e. The molecule has 0 saturated heterocycles. The van der Waals surface area contributed by atoms with Gasteiger partial charge in [0.05, 0.1) is 17.7 Å². The molecule has 3 unspecified atom stereocenters. The molecule has 1 aliphatic carbocycles. The Bertz CT molecular complexity index is 460. The van der Waals surface area contributed by atoms with Gasteiger partial charge >= 0.3 is 0 Å². The summed E-state index contributed by atoms with van der Waals surface area (Å²) in [4.78, 5) is 4.39. The first-order valence-electron chi connectivity index (χ1n) is 5.91. The van der Waals surface area contributed by atoms with E-state index in [1.165, 1.54) is 6.07 Å². The lowest BCUT2D eigenvalue weighted by molar-refractivity contribution is 0.0624. The van der Waals surface area contributed by atoms with Crippen molar-refractivity contribution in [1.82, 2.24) is 0 Å². The zero-order chi connectivity index (χ0) is 11.8. The molecular formula is C13H14FNO2. The molecule has 1 aliphatic heterocycles. The molecule has 0 radical (unpaired) electrons. The van der Waals surface area contributed by atoms with Crippen molar-refractivity contribution in [2.75, 3.05) is 0 Å². The van der Waals surface area contributed by atoms with Crippen molar-refractivity contribution in [1.29, 1.82) is 0 Å². The van der Waals surface area contributed by atoms with Crippen LogP contribution < -0.4 is 0 Å². The van der Waals surface area contributed by atoms with Crippen molar-refractivity contribution in [3.05, 3.63) is 35.6 Å². The zero-order valence-corrected chi connectivity index (χ0v) is 9.34. The Kier molecular flexibility index (Phi) is 2.59. The Hall–Kier alpha value is -1.42. The van der Waals surface area contributed by atoms with Gasteiger partial charge < -0.3 is 9.84 Å². The molecule has 1 N–H and O–H groups in total. The molecule has 90 valence electrons. The van der Waals surface area contributed by atoms with Crippen LogP contribution in [0.4, 0.5) is 4.39 Å². The average molecular weight is 235 g/mol. The maximum absolute atomic E-state index is 13.6. The first kappa shape index (κ1) is 10.7. The second-order valence-corrected chi connectivity index (χ2v) is 4.60. The molecule has 3 rings (SSSR count). The van der Waals surface area contributed by atoms with E-state index in [0.29, 0.717) is 17.9 Å². The minimum absolute atomic E-state index is 0.00741. The highest BCUT2D eigenvalue weighted by atomic mass is 19.1. The van der Waals surface area contributed by atoms with E-state index in [-0.39, 0.29) is 24.1 Å². The molecule has 1 aromatic carbocycles. The van der Waals surface area contributed by atoms with E-state index in [0.717, 1.165) is 12.8 Å². The Labute approximate surface area is 98.9 Å². The Morgan fingerprint density at radius 3 is 2.94 bits per heavy atom. The van der Waals surface area contributed by atoms with Gasteiger partial charge in [-0.15, -0.1) is 0 Å². The summed E-state index contributed by atoms with van der Waals surface area (Å²) in [6.07, 6.45) is 1.84. The van der Waals surface area contributed by atoms with Gasteiger partial charge in [0.15, 0.2) is 0 Å². The Morgan fingerprint density at radius 2 is 2.12 bits per heavy atom. The fraction of sp³-hybridized carbons (Fsp3) is 0.462. The van der Waals surface area contributed by atoms with Crippen LogP contribution in [0.5, 0.6) is 0 Å². The van der Waals surface area contributed by atoms with Crippen LogP contribution in [0, 0.1) is 5.82 Å². The van der Waals surface area contributed by atoms with Gasteiger partial charge in [0, 0.05) is 0 Å². The highest BCUT2D eigenvalue weighted by Crippen LogP contribution is 2.30. The first-order valence-corrected chi connectivity index (χ1v) is 5.91. The molecular weight excluding hydrogens is 221 g/mol. The minimum atomic E-state index is -0.314. The summed E-state index contributed by atoms with van der Waals surface area (Å²) >= 11 is 0. The molecule has 0 bridgehead atoms. The summed E-state index contributed by atoms with van der Waals surface area (Å²) in [5.74, 6) is 0.0673. The minimum Gasteiger partial charge on any atom is -0.472 e. The van der Waals surface area contributed by atoms with Gasteiger partial charge in [-0.05, 0) is 31.4 Å². The average Bonchev–Trinajstić information content (AvgIpc) is 2.72. The van der Waals surface area contributed by atoms with Crippen molar-refractivity contribution in [2.45, 2.75) is 37.5 Å². The predicted molar refractivity (Wildman–Crippen MR) is 61.5 cm³/mol. The van der Waals surface area contributed by atoms with Crippen LogP contribution >= 0.6 is 0 Å². The zero-order valence-electron chi connectivity index (χ0n) is 9.34. The third kappa shape index (κ3) is 1.93. The van der Waals surface area contributed by atoms with E-state index in [2.05, 4.69) is 4.99 Å². The summed E-state index contributed by atoms with van der Waals surface area (Å²) in [5.41, 5.74) is 0.413. The fourth-order valence-electron chi connectivity index (χ4n) is 2.46. The lowest BCUT2D eigenvalue weighted by Crippen LogP contribution is -2.33. The molecule has 1 saturated carbocycles. The monoisotopic (exact) mass is 235 g/mol. The molecule has 0 amide bonds. The number of rotatable bonds is 1. The van der Waals surface area contributed by atoms with E-state index in [4.69, 9.17) is 4.74 Å². The SMILES string of the molecule is OC1CCC2OC(c3ccccc3F)=NC2C1. The highest BCUT2D eigenvalue weighted by Gasteiger charge is 2.37. The molecule has 2 aliphatic rings. The van der Waals surface area contributed by atoms with E-state index < -0.39 is 0 Å². The van der Waals surface area contributed by atoms with Gasteiger partial charge in [0.25, 0.3) is 0 Å². The summed E-state index contributed by atoms with van der Waals surface area (Å²) in [7, 11) is 0. The van der Waals surface area contributed by atoms with Crippen LogP contribution in [0.3, 0.4) is 0 Å². The van der Waals surface area contributed by atoms with Crippen LogP contribution in [0.2, 0.25) is 0 Å². The molecule has 4 heteroatoms. The van der Waals surface area contributed by atoms with Gasteiger partial charge in [0.2, 0.25) is 5.90 Å². The van der Waals surface area contributed by atoms with Crippen LogP contribution in [0.25, 0.3) is 0 Å². The highest BCUT2D eigenvalue weighted by molar-refractivity contribution is 5.95. The van der Waals surface area contributed by atoms with Gasteiger partial charge in [0.1, 0.15) is 11.9 Å². The van der Waals surface area contributed by atoms with Crippen molar-refractivity contribution in [2.24, 2.45) is 4.99 Å². The fourth-order valence-corrected chi connectivity index (χ4v) is 2.46. The predicted octanol–water partition coefficient (Wildman–Crippen LogP) is 1.88. The normalized spacial score (nSPS) is 31.6. The van der Waals surface area contributed by atoms with Gasteiger partial charge in [-0.3, -0.25) is 0 Å². The molecule has 1 heterocycles. The molecule has 3 nitrogen and oxygen atoms in total. The lowest BCUT2D eigenvalue weighted by Gasteiger charge is -2.25. The third-order valence-electron chi connectivity index (χ3n) is 3.38. The molecule has 3 atom stereocenters. The number of benzene rings is 1. The molecule has 1 aromatic rings. The third-order valence-corrected chi connectivity index (χ3v) is 3.38. The van der Waals surface area contributed by atoms with Crippen molar-refractivity contribution < 1.29 is 14.2 Å². The number of aliphatic hydroxyl groups is 1. The lowest BCUT2D eigenvalue weighted by atomic mass is 9.91. The molecule has 17 heavy (non-hydrogen) atoms. The second kappa shape index (κ2) is 4.11. The van der Waals surface area contributed by atoms with E-state index in [1.807, 2.05) is 0 Å². The number of hydrogen-bond acceptors (Lipinski definition) is 3. The topological polar surface area (TPSA) is 41.8 Å². The molecule has 0 spiro atoms. The largest absolute Gasteiger partial charge is 0.472 e. The van der Waals surface area contributed by atoms with Crippen molar-refractivity contribution >= 4 is 5.90 Å². The number of aliphatic imine (C=N–C) groups is 1. The molecule has 0 aromatic heterocycles. The smallest absolute Gasteiger partial charge is 0.219 e. The van der Waals surface area contributed by atoms with Gasteiger partial charge in [-0.2, -0.15) is 0 Å². The Balaban J connectivity index is 1.87. The number of hydrogen-bond donors (Lipinski definition) is 1. The number of halogens is 1. The van der Waals surface area contributed by atoms with E-state index in [1.54, 1.807) is 18.2 Å². The number of ether oxygens (including phenoxy) is 1. The molecule has 1 fully saturated rings. The van der Waals surface area contributed by atoms with Gasteiger partial charge in [-0.1, -0.05) is 12.1 Å². The Morgan fingerprint density at radius 1 is 1.29 bits per heavy atom.